The Labute approximate surface area is 110 Å². The molecule has 2 aromatic rings. The molecule has 94 valence electrons. The van der Waals surface area contributed by atoms with E-state index in [1.807, 2.05) is 13.0 Å². The predicted molar refractivity (Wildman–Crippen MR) is 69.0 cm³/mol. The van der Waals surface area contributed by atoms with E-state index >= 15 is 0 Å². The van der Waals surface area contributed by atoms with Crippen molar-refractivity contribution in [3.05, 3.63) is 64.2 Å². The summed E-state index contributed by atoms with van der Waals surface area (Å²) in [6.07, 6.45) is 2.65. The second kappa shape index (κ2) is 5.46. The van der Waals surface area contributed by atoms with Crippen LogP contribution in [0, 0.1) is 12.7 Å². The number of aliphatic hydroxyl groups excluding tert-OH is 1. The average Bonchev–Trinajstić information content (AvgIpc) is 2.34. The minimum atomic E-state index is -0.785. The molecule has 1 N–H and O–H groups in total. The Morgan fingerprint density at radius 3 is 2.89 bits per heavy atom. The van der Waals surface area contributed by atoms with Crippen molar-refractivity contribution in [1.29, 1.82) is 0 Å². The molecule has 0 aliphatic rings. The predicted octanol–water partition coefficient (Wildman–Crippen LogP) is 3.46. The number of aryl methyl sites for hydroxylation is 1. The van der Waals surface area contributed by atoms with Crippen LogP contribution < -0.4 is 0 Å². The van der Waals surface area contributed by atoms with Crippen LogP contribution in [0.5, 0.6) is 0 Å². The largest absolute Gasteiger partial charge is 0.388 e. The number of benzene rings is 1. The fourth-order valence-corrected chi connectivity index (χ4v) is 2.04. The summed E-state index contributed by atoms with van der Waals surface area (Å²) < 4.78 is 13.6. The summed E-state index contributed by atoms with van der Waals surface area (Å²) in [7, 11) is 0. The molecule has 1 unspecified atom stereocenters. The van der Waals surface area contributed by atoms with Gasteiger partial charge in [-0.25, -0.2) is 4.39 Å². The number of nitrogens with zero attached hydrogens (tertiary/aromatic N) is 1. The molecule has 2 nitrogen and oxygen atoms in total. The summed E-state index contributed by atoms with van der Waals surface area (Å²) in [5.74, 6) is -0.361. The lowest BCUT2D eigenvalue weighted by atomic mass is 9.99. The quantitative estimate of drug-likeness (QED) is 0.922. The highest BCUT2D eigenvalue weighted by molar-refractivity contribution is 6.30. The second-order valence-corrected chi connectivity index (χ2v) is 4.62. The van der Waals surface area contributed by atoms with Crippen molar-refractivity contribution < 1.29 is 9.50 Å². The maximum atomic E-state index is 13.6. The van der Waals surface area contributed by atoms with Gasteiger partial charge in [0.15, 0.2) is 0 Å². The first-order valence-corrected chi connectivity index (χ1v) is 5.98. The van der Waals surface area contributed by atoms with Crippen LogP contribution in [0.2, 0.25) is 5.02 Å². The molecule has 1 aromatic carbocycles. The SMILES string of the molecule is Cc1ccncc1C(O)Cc1cc(Cl)ccc1F. The summed E-state index contributed by atoms with van der Waals surface area (Å²) in [4.78, 5) is 3.97. The van der Waals surface area contributed by atoms with Gasteiger partial charge >= 0.3 is 0 Å². The van der Waals surface area contributed by atoms with Crippen molar-refractivity contribution in [2.45, 2.75) is 19.4 Å². The van der Waals surface area contributed by atoms with Gasteiger partial charge in [0.2, 0.25) is 0 Å². The first kappa shape index (κ1) is 13.0. The van der Waals surface area contributed by atoms with E-state index < -0.39 is 6.10 Å². The third-order valence-electron chi connectivity index (χ3n) is 2.86. The highest BCUT2D eigenvalue weighted by Crippen LogP contribution is 2.23. The van der Waals surface area contributed by atoms with E-state index in [0.717, 1.165) is 5.56 Å². The van der Waals surface area contributed by atoms with Crippen LogP contribution in [-0.4, -0.2) is 10.1 Å². The molecule has 0 bridgehead atoms. The number of rotatable bonds is 3. The molecule has 1 aromatic heterocycles. The number of pyridine rings is 1. The molecule has 1 atom stereocenters. The van der Waals surface area contributed by atoms with Crippen LogP contribution >= 0.6 is 11.6 Å². The molecule has 2 rings (SSSR count). The van der Waals surface area contributed by atoms with E-state index in [1.165, 1.54) is 18.2 Å². The number of aromatic nitrogens is 1. The number of hydrogen-bond donors (Lipinski definition) is 1. The fourth-order valence-electron chi connectivity index (χ4n) is 1.84. The Kier molecular flexibility index (Phi) is 3.94. The zero-order chi connectivity index (χ0) is 13.1. The number of halogens is 2. The smallest absolute Gasteiger partial charge is 0.126 e. The lowest BCUT2D eigenvalue weighted by molar-refractivity contribution is 0.176. The van der Waals surface area contributed by atoms with Gasteiger partial charge < -0.3 is 5.11 Å². The van der Waals surface area contributed by atoms with Crippen LogP contribution in [-0.2, 0) is 6.42 Å². The van der Waals surface area contributed by atoms with Crippen LogP contribution in [0.4, 0.5) is 4.39 Å². The zero-order valence-corrected chi connectivity index (χ0v) is 10.7. The van der Waals surface area contributed by atoms with Gasteiger partial charge in [0.1, 0.15) is 5.82 Å². The van der Waals surface area contributed by atoms with Crippen molar-refractivity contribution >= 4 is 11.6 Å². The molecular formula is C14H13ClFNO. The minimum Gasteiger partial charge on any atom is -0.388 e. The van der Waals surface area contributed by atoms with Gasteiger partial charge in [0.25, 0.3) is 0 Å². The van der Waals surface area contributed by atoms with Crippen molar-refractivity contribution in [2.24, 2.45) is 0 Å². The molecule has 0 saturated heterocycles. The summed E-state index contributed by atoms with van der Waals surface area (Å²) >= 11 is 5.82. The molecule has 0 aliphatic heterocycles. The van der Waals surface area contributed by atoms with Crippen molar-refractivity contribution in [2.75, 3.05) is 0 Å². The van der Waals surface area contributed by atoms with Crippen LogP contribution in [0.3, 0.4) is 0 Å². The molecule has 4 heteroatoms. The standard InChI is InChI=1S/C14H13ClFNO/c1-9-4-5-17-8-12(9)14(18)7-10-6-11(15)2-3-13(10)16/h2-6,8,14,18H,7H2,1H3. The molecule has 0 radical (unpaired) electrons. The van der Waals surface area contributed by atoms with E-state index in [2.05, 4.69) is 4.98 Å². The van der Waals surface area contributed by atoms with Crippen LogP contribution in [0.15, 0.2) is 36.7 Å². The Hall–Kier alpha value is -1.45. The normalized spacial score (nSPS) is 12.4. The average molecular weight is 266 g/mol. The molecule has 0 spiro atoms. The highest BCUT2D eigenvalue weighted by Gasteiger charge is 2.14. The van der Waals surface area contributed by atoms with Gasteiger partial charge in [-0.2, -0.15) is 0 Å². The summed E-state index contributed by atoms with van der Waals surface area (Å²) in [5.41, 5.74) is 2.04. The monoisotopic (exact) mass is 265 g/mol. The summed E-state index contributed by atoms with van der Waals surface area (Å²) in [6.45, 7) is 1.88. The maximum Gasteiger partial charge on any atom is 0.126 e. The van der Waals surface area contributed by atoms with Crippen molar-refractivity contribution in [3.63, 3.8) is 0 Å². The van der Waals surface area contributed by atoms with Gasteiger partial charge in [-0.1, -0.05) is 11.6 Å². The molecule has 0 fully saturated rings. The molecular weight excluding hydrogens is 253 g/mol. The van der Waals surface area contributed by atoms with Gasteiger partial charge in [0.05, 0.1) is 6.10 Å². The number of hydrogen-bond acceptors (Lipinski definition) is 2. The fraction of sp³-hybridized carbons (Fsp3) is 0.214. The van der Waals surface area contributed by atoms with Gasteiger partial charge in [0, 0.05) is 29.4 Å². The van der Waals surface area contributed by atoms with Crippen LogP contribution in [0.25, 0.3) is 0 Å². The van der Waals surface area contributed by atoms with Gasteiger partial charge in [-0.3, -0.25) is 4.98 Å². The van der Waals surface area contributed by atoms with Crippen LogP contribution in [0.1, 0.15) is 22.8 Å². The summed E-state index contributed by atoms with van der Waals surface area (Å²) in [5, 5.41) is 10.6. The second-order valence-electron chi connectivity index (χ2n) is 4.19. The lowest BCUT2D eigenvalue weighted by Gasteiger charge is -2.13. The Balaban J connectivity index is 2.24. The Morgan fingerprint density at radius 2 is 2.17 bits per heavy atom. The van der Waals surface area contributed by atoms with Gasteiger partial charge in [-0.15, -0.1) is 0 Å². The van der Waals surface area contributed by atoms with E-state index in [9.17, 15) is 9.50 Å². The van der Waals surface area contributed by atoms with Gasteiger partial charge in [-0.05, 0) is 42.3 Å². The molecule has 18 heavy (non-hydrogen) atoms. The molecule has 0 saturated carbocycles. The maximum absolute atomic E-state index is 13.6. The zero-order valence-electron chi connectivity index (χ0n) is 9.90. The van der Waals surface area contributed by atoms with E-state index in [0.29, 0.717) is 16.1 Å². The topological polar surface area (TPSA) is 33.1 Å². The van der Waals surface area contributed by atoms with Crippen molar-refractivity contribution in [1.82, 2.24) is 4.98 Å². The third kappa shape index (κ3) is 2.86. The summed E-state index contributed by atoms with van der Waals surface area (Å²) in [6, 6.07) is 6.14. The van der Waals surface area contributed by atoms with E-state index in [1.54, 1.807) is 12.4 Å². The van der Waals surface area contributed by atoms with E-state index in [4.69, 9.17) is 11.6 Å². The first-order chi connectivity index (χ1) is 8.58. The minimum absolute atomic E-state index is 0.179. The third-order valence-corrected chi connectivity index (χ3v) is 3.09. The number of aliphatic hydroxyl groups is 1. The van der Waals surface area contributed by atoms with E-state index in [-0.39, 0.29) is 12.2 Å². The van der Waals surface area contributed by atoms with Crippen molar-refractivity contribution in [3.8, 4) is 0 Å². The Morgan fingerprint density at radius 1 is 1.39 bits per heavy atom. The molecule has 0 aliphatic carbocycles. The lowest BCUT2D eigenvalue weighted by Crippen LogP contribution is -2.05. The Bertz CT molecular complexity index is 559. The first-order valence-electron chi connectivity index (χ1n) is 5.60. The molecule has 0 amide bonds. The molecule has 1 heterocycles. The highest BCUT2D eigenvalue weighted by atomic mass is 35.5.